The van der Waals surface area contributed by atoms with Crippen LogP contribution in [0.4, 0.5) is 5.69 Å². The summed E-state index contributed by atoms with van der Waals surface area (Å²) in [7, 11) is 0. The van der Waals surface area contributed by atoms with Crippen molar-refractivity contribution in [1.29, 1.82) is 0 Å². The molecule has 1 aromatic heterocycles. The van der Waals surface area contributed by atoms with E-state index in [0.29, 0.717) is 11.0 Å². The molecule has 1 fully saturated rings. The van der Waals surface area contributed by atoms with Crippen molar-refractivity contribution in [2.75, 3.05) is 18.0 Å². The fourth-order valence-electron chi connectivity index (χ4n) is 2.37. The number of piperidine rings is 1. The van der Waals surface area contributed by atoms with Gasteiger partial charge in [-0.25, -0.2) is 4.68 Å². The van der Waals surface area contributed by atoms with Crippen LogP contribution in [-0.2, 0) is 6.54 Å². The van der Waals surface area contributed by atoms with Gasteiger partial charge in [0.15, 0.2) is 0 Å². The highest BCUT2D eigenvalue weighted by Gasteiger charge is 2.20. The van der Waals surface area contributed by atoms with E-state index in [1.54, 1.807) is 6.20 Å². The standard InChI is InChI=1S/C13H21BrN4O/c1-2-3-7-18-13(19)12(14)11(8-16-18)17-6-4-5-10(15)9-17/h8,10H,2-7,9,15H2,1H3/t10-/m1/s1. The van der Waals surface area contributed by atoms with Gasteiger partial charge in [0.05, 0.1) is 11.9 Å². The largest absolute Gasteiger partial charge is 0.368 e. The van der Waals surface area contributed by atoms with Crippen LogP contribution in [0, 0.1) is 0 Å². The van der Waals surface area contributed by atoms with Gasteiger partial charge >= 0.3 is 0 Å². The van der Waals surface area contributed by atoms with Crippen LogP contribution in [0.5, 0.6) is 0 Å². The normalized spacial score (nSPS) is 19.7. The summed E-state index contributed by atoms with van der Waals surface area (Å²) in [6.07, 6.45) is 5.91. The van der Waals surface area contributed by atoms with Gasteiger partial charge in [-0.3, -0.25) is 4.79 Å². The van der Waals surface area contributed by atoms with Crippen LogP contribution >= 0.6 is 15.9 Å². The second kappa shape index (κ2) is 6.52. The van der Waals surface area contributed by atoms with Gasteiger partial charge < -0.3 is 10.6 Å². The van der Waals surface area contributed by atoms with Crippen molar-refractivity contribution in [1.82, 2.24) is 9.78 Å². The first kappa shape index (κ1) is 14.5. The van der Waals surface area contributed by atoms with Crippen LogP contribution in [-0.4, -0.2) is 28.9 Å². The second-order valence-electron chi connectivity index (χ2n) is 5.07. The lowest BCUT2D eigenvalue weighted by molar-refractivity contribution is 0.500. The predicted octanol–water partition coefficient (Wildman–Crippen LogP) is 1.73. The summed E-state index contributed by atoms with van der Waals surface area (Å²) < 4.78 is 2.13. The zero-order chi connectivity index (χ0) is 13.8. The highest BCUT2D eigenvalue weighted by Crippen LogP contribution is 2.24. The number of nitrogens with two attached hydrogens (primary N) is 1. The van der Waals surface area contributed by atoms with E-state index in [1.807, 2.05) is 0 Å². The first-order valence-corrected chi connectivity index (χ1v) is 7.69. The summed E-state index contributed by atoms with van der Waals surface area (Å²) in [4.78, 5) is 14.4. The first-order valence-electron chi connectivity index (χ1n) is 6.89. The van der Waals surface area contributed by atoms with E-state index in [-0.39, 0.29) is 11.6 Å². The molecule has 0 radical (unpaired) electrons. The van der Waals surface area contributed by atoms with Gasteiger partial charge in [-0.2, -0.15) is 5.10 Å². The molecule has 0 aromatic carbocycles. The maximum absolute atomic E-state index is 12.2. The Balaban J connectivity index is 2.22. The molecule has 5 nitrogen and oxygen atoms in total. The van der Waals surface area contributed by atoms with Gasteiger partial charge in [-0.05, 0) is 35.2 Å². The minimum absolute atomic E-state index is 0.0508. The number of rotatable bonds is 4. The molecule has 6 heteroatoms. The lowest BCUT2D eigenvalue weighted by Crippen LogP contribution is -2.43. The van der Waals surface area contributed by atoms with E-state index in [1.165, 1.54) is 4.68 Å². The Hall–Kier alpha value is -0.880. The van der Waals surface area contributed by atoms with Gasteiger partial charge in [-0.15, -0.1) is 0 Å². The Labute approximate surface area is 121 Å². The van der Waals surface area contributed by atoms with E-state index in [0.717, 1.165) is 44.5 Å². The van der Waals surface area contributed by atoms with Gasteiger partial charge in [0.2, 0.25) is 0 Å². The summed E-state index contributed by atoms with van der Waals surface area (Å²) >= 11 is 3.42. The van der Waals surface area contributed by atoms with Crippen molar-refractivity contribution in [2.24, 2.45) is 5.73 Å². The summed E-state index contributed by atoms with van der Waals surface area (Å²) in [5.41, 5.74) is 6.80. The summed E-state index contributed by atoms with van der Waals surface area (Å²) in [6.45, 7) is 4.50. The van der Waals surface area contributed by atoms with Crippen molar-refractivity contribution in [2.45, 2.75) is 45.2 Å². The third-order valence-corrected chi connectivity index (χ3v) is 4.23. The molecule has 0 unspecified atom stereocenters. The Bertz CT molecular complexity index is 488. The summed E-state index contributed by atoms with van der Waals surface area (Å²) in [6, 6.07) is 0.183. The number of aromatic nitrogens is 2. The lowest BCUT2D eigenvalue weighted by atomic mass is 10.1. The molecule has 2 N–H and O–H groups in total. The van der Waals surface area contributed by atoms with Crippen molar-refractivity contribution in [3.8, 4) is 0 Å². The molecule has 2 heterocycles. The van der Waals surface area contributed by atoms with Crippen LogP contribution in [0.3, 0.4) is 0 Å². The summed E-state index contributed by atoms with van der Waals surface area (Å²) in [5.74, 6) is 0. The SMILES string of the molecule is CCCCn1ncc(N2CCC[C@@H](N)C2)c(Br)c1=O. The quantitative estimate of drug-likeness (QED) is 0.914. The highest BCUT2D eigenvalue weighted by molar-refractivity contribution is 9.10. The monoisotopic (exact) mass is 328 g/mol. The number of hydrogen-bond acceptors (Lipinski definition) is 4. The molecule has 106 valence electrons. The number of anilines is 1. The third-order valence-electron chi connectivity index (χ3n) is 3.49. The molecule has 0 saturated carbocycles. The number of unbranched alkanes of at least 4 members (excludes halogenated alkanes) is 1. The van der Waals surface area contributed by atoms with Crippen LogP contribution in [0.2, 0.25) is 0 Å². The number of hydrogen-bond donors (Lipinski definition) is 1. The zero-order valence-electron chi connectivity index (χ0n) is 11.3. The highest BCUT2D eigenvalue weighted by atomic mass is 79.9. The Morgan fingerprint density at radius 3 is 3.05 bits per heavy atom. The fourth-order valence-corrected chi connectivity index (χ4v) is 2.93. The maximum Gasteiger partial charge on any atom is 0.283 e. The minimum Gasteiger partial charge on any atom is -0.368 e. The second-order valence-corrected chi connectivity index (χ2v) is 5.87. The van der Waals surface area contributed by atoms with Crippen molar-refractivity contribution in [3.05, 3.63) is 21.0 Å². The maximum atomic E-state index is 12.2. The molecule has 0 aliphatic carbocycles. The lowest BCUT2D eigenvalue weighted by Gasteiger charge is -2.32. The minimum atomic E-state index is -0.0508. The zero-order valence-corrected chi connectivity index (χ0v) is 12.9. The Morgan fingerprint density at radius 2 is 2.37 bits per heavy atom. The topological polar surface area (TPSA) is 64.2 Å². The van der Waals surface area contributed by atoms with E-state index < -0.39 is 0 Å². The molecular formula is C13H21BrN4O. The molecule has 0 amide bonds. The van der Waals surface area contributed by atoms with E-state index in [9.17, 15) is 4.79 Å². The van der Waals surface area contributed by atoms with Crippen LogP contribution < -0.4 is 16.2 Å². The average molecular weight is 329 g/mol. The molecule has 1 atom stereocenters. The molecule has 1 aliphatic rings. The first-order chi connectivity index (χ1) is 9.13. The van der Waals surface area contributed by atoms with E-state index >= 15 is 0 Å². The molecule has 0 spiro atoms. The van der Waals surface area contributed by atoms with Gasteiger partial charge in [0, 0.05) is 25.7 Å². The molecule has 0 bridgehead atoms. The Morgan fingerprint density at radius 1 is 1.58 bits per heavy atom. The van der Waals surface area contributed by atoms with E-state index in [4.69, 9.17) is 5.73 Å². The van der Waals surface area contributed by atoms with Gasteiger partial charge in [0.25, 0.3) is 5.56 Å². The molecular weight excluding hydrogens is 308 g/mol. The molecule has 19 heavy (non-hydrogen) atoms. The average Bonchev–Trinajstić information content (AvgIpc) is 2.40. The molecule has 2 rings (SSSR count). The fraction of sp³-hybridized carbons (Fsp3) is 0.692. The van der Waals surface area contributed by atoms with Crippen LogP contribution in [0.15, 0.2) is 15.5 Å². The van der Waals surface area contributed by atoms with Crippen molar-refractivity contribution < 1.29 is 0 Å². The van der Waals surface area contributed by atoms with Crippen molar-refractivity contribution in [3.63, 3.8) is 0 Å². The molecule has 1 aliphatic heterocycles. The Kier molecular flexibility index (Phi) is 4.99. The number of aryl methyl sites for hydroxylation is 1. The van der Waals surface area contributed by atoms with Gasteiger partial charge in [0.1, 0.15) is 4.47 Å². The van der Waals surface area contributed by atoms with Crippen LogP contribution in [0.25, 0.3) is 0 Å². The number of halogens is 1. The van der Waals surface area contributed by atoms with Crippen LogP contribution in [0.1, 0.15) is 32.6 Å². The smallest absolute Gasteiger partial charge is 0.283 e. The third kappa shape index (κ3) is 3.36. The molecule has 1 saturated heterocycles. The number of nitrogens with zero attached hydrogens (tertiary/aromatic N) is 3. The molecule has 1 aromatic rings. The van der Waals surface area contributed by atoms with Gasteiger partial charge in [-0.1, -0.05) is 13.3 Å². The van der Waals surface area contributed by atoms with E-state index in [2.05, 4.69) is 32.9 Å². The van der Waals surface area contributed by atoms with Crippen molar-refractivity contribution >= 4 is 21.6 Å². The summed E-state index contributed by atoms with van der Waals surface area (Å²) in [5, 5.41) is 4.27. The predicted molar refractivity (Wildman–Crippen MR) is 80.5 cm³/mol.